The van der Waals surface area contributed by atoms with Crippen molar-refractivity contribution >= 4 is 23.2 Å². The van der Waals surface area contributed by atoms with Crippen LogP contribution in [0.4, 0.5) is 10.1 Å². The maximum absolute atomic E-state index is 13.4. The second kappa shape index (κ2) is 6.78. The molecule has 1 atom stereocenters. The molecule has 2 aromatic carbocycles. The molecule has 0 spiro atoms. The summed E-state index contributed by atoms with van der Waals surface area (Å²) in [6, 6.07) is 10.3. The molecular formula is C20H17ClFN3O2. The van der Waals surface area contributed by atoms with Gasteiger partial charge in [-0.25, -0.2) is 4.39 Å². The monoisotopic (exact) mass is 385 g/mol. The third kappa shape index (κ3) is 3.45. The molecule has 0 N–H and O–H groups in total. The molecule has 27 heavy (non-hydrogen) atoms. The Morgan fingerprint density at radius 2 is 1.93 bits per heavy atom. The van der Waals surface area contributed by atoms with Crippen LogP contribution in [0.25, 0.3) is 11.5 Å². The largest absolute Gasteiger partial charge is 0.334 e. The van der Waals surface area contributed by atoms with Crippen LogP contribution in [0, 0.1) is 19.7 Å². The number of hydrogen-bond acceptors (Lipinski definition) is 4. The van der Waals surface area contributed by atoms with Crippen molar-refractivity contribution in [1.29, 1.82) is 0 Å². The number of nitrogens with zero attached hydrogens (tertiary/aromatic N) is 3. The lowest BCUT2D eigenvalue weighted by molar-refractivity contribution is -0.117. The van der Waals surface area contributed by atoms with E-state index < -0.39 is 5.82 Å². The normalized spacial score (nSPS) is 17.0. The minimum Gasteiger partial charge on any atom is -0.334 e. The second-order valence-corrected chi connectivity index (χ2v) is 7.25. The van der Waals surface area contributed by atoms with Gasteiger partial charge in [0.25, 0.3) is 5.89 Å². The number of amides is 1. The molecule has 0 aliphatic carbocycles. The summed E-state index contributed by atoms with van der Waals surface area (Å²) in [6.07, 6.45) is 0.265. The average Bonchev–Trinajstić information content (AvgIpc) is 3.23. The van der Waals surface area contributed by atoms with Gasteiger partial charge in [0.2, 0.25) is 5.91 Å². The Bertz CT molecular complexity index is 1010. The summed E-state index contributed by atoms with van der Waals surface area (Å²) in [6.45, 7) is 4.41. The van der Waals surface area contributed by atoms with Crippen LogP contribution in [0.2, 0.25) is 5.02 Å². The molecule has 1 aromatic heterocycles. The van der Waals surface area contributed by atoms with Gasteiger partial charge in [-0.2, -0.15) is 4.98 Å². The summed E-state index contributed by atoms with van der Waals surface area (Å²) in [5, 5.41) is 4.06. The van der Waals surface area contributed by atoms with E-state index in [1.165, 1.54) is 12.1 Å². The molecule has 1 aliphatic rings. The van der Waals surface area contributed by atoms with Gasteiger partial charge in [-0.15, -0.1) is 0 Å². The first-order valence-electron chi connectivity index (χ1n) is 8.58. The van der Waals surface area contributed by atoms with Crippen LogP contribution in [-0.2, 0) is 4.79 Å². The number of anilines is 1. The molecule has 1 amide bonds. The van der Waals surface area contributed by atoms with E-state index in [0.29, 0.717) is 23.9 Å². The van der Waals surface area contributed by atoms with E-state index in [-0.39, 0.29) is 23.3 Å². The average molecular weight is 386 g/mol. The molecule has 2 heterocycles. The highest BCUT2D eigenvalue weighted by atomic mass is 35.5. The Hall–Kier alpha value is -2.73. The topological polar surface area (TPSA) is 59.2 Å². The minimum absolute atomic E-state index is 0.0135. The van der Waals surface area contributed by atoms with Crippen LogP contribution < -0.4 is 4.90 Å². The second-order valence-electron chi connectivity index (χ2n) is 6.84. The van der Waals surface area contributed by atoms with E-state index >= 15 is 0 Å². The van der Waals surface area contributed by atoms with E-state index in [1.807, 2.05) is 26.0 Å². The zero-order valence-corrected chi connectivity index (χ0v) is 15.6. The van der Waals surface area contributed by atoms with Crippen LogP contribution in [0.1, 0.15) is 29.3 Å². The van der Waals surface area contributed by atoms with E-state index in [4.69, 9.17) is 16.1 Å². The van der Waals surface area contributed by atoms with Crippen LogP contribution in [0.5, 0.6) is 0 Å². The van der Waals surface area contributed by atoms with E-state index in [1.54, 1.807) is 11.0 Å². The molecule has 1 fully saturated rings. The van der Waals surface area contributed by atoms with Crippen molar-refractivity contribution in [3.63, 3.8) is 0 Å². The van der Waals surface area contributed by atoms with Crippen molar-refractivity contribution in [2.45, 2.75) is 26.2 Å². The van der Waals surface area contributed by atoms with Crippen molar-refractivity contribution < 1.29 is 13.7 Å². The third-order valence-corrected chi connectivity index (χ3v) is 4.91. The molecular weight excluding hydrogens is 369 g/mol. The Morgan fingerprint density at radius 1 is 1.19 bits per heavy atom. The molecule has 7 heteroatoms. The standard InChI is InChI=1S/C20H17ClFN3O2/c1-11-5-12(2)7-13(6-11)20-23-19(24-27-20)14-8-18(26)25(10-14)15-3-4-17(22)16(21)9-15/h3-7,9,14H,8,10H2,1-2H3/t14-/m1/s1. The Balaban J connectivity index is 1.57. The number of aryl methyl sites for hydroxylation is 2. The van der Waals surface area contributed by atoms with Crippen LogP contribution in [-0.4, -0.2) is 22.6 Å². The summed E-state index contributed by atoms with van der Waals surface area (Å²) in [5.41, 5.74) is 3.64. The highest BCUT2D eigenvalue weighted by Crippen LogP contribution is 2.33. The summed E-state index contributed by atoms with van der Waals surface area (Å²) in [4.78, 5) is 18.5. The molecule has 4 rings (SSSR count). The lowest BCUT2D eigenvalue weighted by Gasteiger charge is -2.16. The van der Waals surface area contributed by atoms with Crippen LogP contribution >= 0.6 is 11.6 Å². The van der Waals surface area contributed by atoms with Crippen LogP contribution in [0.3, 0.4) is 0 Å². The minimum atomic E-state index is -0.514. The molecule has 1 aliphatic heterocycles. The number of benzene rings is 2. The zero-order chi connectivity index (χ0) is 19.1. The number of rotatable bonds is 3. The van der Waals surface area contributed by atoms with Gasteiger partial charge in [0, 0.05) is 30.1 Å². The first kappa shape index (κ1) is 17.7. The molecule has 138 valence electrons. The van der Waals surface area contributed by atoms with E-state index in [0.717, 1.165) is 16.7 Å². The van der Waals surface area contributed by atoms with Crippen molar-refractivity contribution in [1.82, 2.24) is 10.1 Å². The molecule has 0 unspecified atom stereocenters. The van der Waals surface area contributed by atoms with Gasteiger partial charge in [-0.1, -0.05) is 34.0 Å². The number of hydrogen-bond donors (Lipinski definition) is 0. The lowest BCUT2D eigenvalue weighted by atomic mass is 10.1. The third-order valence-electron chi connectivity index (χ3n) is 4.62. The zero-order valence-electron chi connectivity index (χ0n) is 14.9. The first-order chi connectivity index (χ1) is 12.9. The Morgan fingerprint density at radius 3 is 2.63 bits per heavy atom. The lowest BCUT2D eigenvalue weighted by Crippen LogP contribution is -2.24. The van der Waals surface area contributed by atoms with E-state index in [2.05, 4.69) is 16.2 Å². The fourth-order valence-corrected chi connectivity index (χ4v) is 3.57. The van der Waals surface area contributed by atoms with Gasteiger partial charge in [0.05, 0.1) is 5.02 Å². The SMILES string of the molecule is Cc1cc(C)cc(-c2nc([C@@H]3CC(=O)N(c4ccc(F)c(Cl)c4)C3)no2)c1. The quantitative estimate of drug-likeness (QED) is 0.657. The Labute approximate surface area is 160 Å². The van der Waals surface area contributed by atoms with Crippen molar-refractivity contribution in [2.24, 2.45) is 0 Å². The Kier molecular flexibility index (Phi) is 4.44. The molecule has 3 aromatic rings. The summed E-state index contributed by atoms with van der Waals surface area (Å²) in [5.74, 6) is 0.144. The van der Waals surface area contributed by atoms with Gasteiger partial charge in [0.15, 0.2) is 5.82 Å². The van der Waals surface area contributed by atoms with Gasteiger partial charge >= 0.3 is 0 Å². The summed E-state index contributed by atoms with van der Waals surface area (Å²) < 4.78 is 18.8. The number of carbonyl (C=O) groups is 1. The van der Waals surface area contributed by atoms with Crippen LogP contribution in [0.15, 0.2) is 40.9 Å². The summed E-state index contributed by atoms with van der Waals surface area (Å²) in [7, 11) is 0. The number of aromatic nitrogens is 2. The molecule has 1 saturated heterocycles. The van der Waals surface area contributed by atoms with Crippen molar-refractivity contribution in [3.05, 3.63) is 64.2 Å². The molecule has 0 bridgehead atoms. The number of halogens is 2. The molecule has 0 saturated carbocycles. The van der Waals surface area contributed by atoms with E-state index in [9.17, 15) is 9.18 Å². The van der Waals surface area contributed by atoms with Gasteiger partial charge in [-0.05, 0) is 44.2 Å². The maximum atomic E-state index is 13.4. The maximum Gasteiger partial charge on any atom is 0.257 e. The number of carbonyl (C=O) groups excluding carboxylic acids is 1. The van der Waals surface area contributed by atoms with Gasteiger partial charge < -0.3 is 9.42 Å². The summed E-state index contributed by atoms with van der Waals surface area (Å²) >= 11 is 5.84. The first-order valence-corrected chi connectivity index (χ1v) is 8.96. The predicted molar refractivity (Wildman–Crippen MR) is 100 cm³/mol. The fraction of sp³-hybridized carbons (Fsp3) is 0.250. The van der Waals surface area contributed by atoms with Gasteiger partial charge in [0.1, 0.15) is 5.82 Å². The molecule has 0 radical (unpaired) electrons. The molecule has 5 nitrogen and oxygen atoms in total. The predicted octanol–water partition coefficient (Wildman–Crippen LogP) is 4.67. The fourth-order valence-electron chi connectivity index (χ4n) is 3.40. The van der Waals surface area contributed by atoms with Crippen molar-refractivity contribution in [2.75, 3.05) is 11.4 Å². The highest BCUT2D eigenvalue weighted by Gasteiger charge is 2.35. The highest BCUT2D eigenvalue weighted by molar-refractivity contribution is 6.31. The smallest absolute Gasteiger partial charge is 0.257 e. The van der Waals surface area contributed by atoms with Gasteiger partial charge in [-0.3, -0.25) is 4.79 Å². The van der Waals surface area contributed by atoms with Crippen molar-refractivity contribution in [3.8, 4) is 11.5 Å².